The molecule has 0 radical (unpaired) electrons. The first-order valence-corrected chi connectivity index (χ1v) is 27.0. The van der Waals surface area contributed by atoms with Crippen LogP contribution in [-0.4, -0.2) is 85.1 Å². The molecule has 5 aromatic rings. The topological polar surface area (TPSA) is 145 Å². The lowest BCUT2D eigenvalue weighted by Gasteiger charge is -2.41. The van der Waals surface area contributed by atoms with Crippen LogP contribution in [0.3, 0.4) is 0 Å². The van der Waals surface area contributed by atoms with Gasteiger partial charge in [0.1, 0.15) is 35.4 Å². The Kier molecular flexibility index (Phi) is 13.0. The quantitative estimate of drug-likeness (QED) is 0.0464. The number of ketones is 1. The molecule has 1 N–H and O–H groups in total. The number of carbonyl (C=O) groups is 1. The van der Waals surface area contributed by atoms with Gasteiger partial charge >= 0.3 is 0 Å². The molecule has 5 atom stereocenters. The number of rotatable bonds is 15. The first-order valence-electron chi connectivity index (χ1n) is 19.9. The zero-order chi connectivity index (χ0) is 43.0. The molecular weight excluding hydrogens is 840 g/mol. The summed E-state index contributed by atoms with van der Waals surface area (Å²) in [6.45, 7) is 14.8. The van der Waals surface area contributed by atoms with Gasteiger partial charge in [-0.25, -0.2) is 9.97 Å². The number of hydrogen-bond acceptors (Lipinski definition) is 13. The summed E-state index contributed by atoms with van der Waals surface area (Å²) in [6.07, 6.45) is -1.82. The molecule has 13 nitrogen and oxygen atoms in total. The Balaban J connectivity index is 1.40. The van der Waals surface area contributed by atoms with Gasteiger partial charge in [-0.05, 0) is 70.9 Å². The summed E-state index contributed by atoms with van der Waals surface area (Å²) in [5.41, 5.74) is -1.78. The van der Waals surface area contributed by atoms with E-state index < -0.39 is 55.6 Å². The van der Waals surface area contributed by atoms with Crippen LogP contribution in [0.5, 0.6) is 11.5 Å². The van der Waals surface area contributed by atoms with E-state index in [0.717, 1.165) is 16.7 Å². The van der Waals surface area contributed by atoms with Gasteiger partial charge < -0.3 is 37.4 Å². The van der Waals surface area contributed by atoms with E-state index in [1.54, 1.807) is 32.6 Å². The molecule has 0 aliphatic carbocycles. The summed E-state index contributed by atoms with van der Waals surface area (Å²) in [7, 11) is 0.664. The van der Waals surface area contributed by atoms with Crippen LogP contribution in [0.2, 0.25) is 18.1 Å². The molecular formula is C43H53N4O9PS2Si. The van der Waals surface area contributed by atoms with Gasteiger partial charge in [-0.3, -0.25) is 14.2 Å². The van der Waals surface area contributed by atoms with Crippen molar-refractivity contribution in [3.05, 3.63) is 118 Å². The molecule has 60 heavy (non-hydrogen) atoms. The second-order valence-electron chi connectivity index (χ2n) is 16.7. The molecule has 0 unspecified atom stereocenters. The number of Topliss-reactive ketones (excluding diaryl/α,β-unsaturated/α-hetero) is 1. The molecule has 0 amide bonds. The number of H-pyrrole nitrogens is 1. The maximum Gasteiger partial charge on any atom is 0.279 e. The summed E-state index contributed by atoms with van der Waals surface area (Å²) < 4.78 is 47.8. The fraction of sp³-hybridized carbons (Fsp3) is 0.442. The SMILES string of the molecule is COc1ccc(C(OC[C@H]2O[C@@H](n3cnc4c(=O)[nH]c(C(=O)C(C)C)nc43)[C@H](O[Si](C)(C)C(C)(C)C)[C@@H]2O[P@]2(=S)OCCS2)(c2ccccc2)c2ccc(OC)cc2)cc1. The normalized spacial score (nSPS) is 22.4. The van der Waals surface area contributed by atoms with Gasteiger partial charge in [-0.15, -0.1) is 0 Å². The number of aromatic amines is 1. The van der Waals surface area contributed by atoms with Gasteiger partial charge in [-0.1, -0.05) is 101 Å². The van der Waals surface area contributed by atoms with Crippen LogP contribution in [0.15, 0.2) is 90.0 Å². The average molecular weight is 893 g/mol. The second kappa shape index (κ2) is 17.6. The van der Waals surface area contributed by atoms with Crippen LogP contribution >= 0.6 is 17.1 Å². The third-order valence-corrected chi connectivity index (χ3v) is 21.2. The standard InChI is InChI=1S/C43H53N4O9PS2Si/c1-27(2)35(48)38-45-39-34(40(49)46-38)44-26-47(39)41-37(56-60(8,9)42(3,4)5)36(55-57(58)53-23-24-59-57)33(54-41)25-52-43(28-13-11-10-12-14-28,29-15-19-31(50-6)20-16-29)30-17-21-32(51-7)22-18-30/h10-22,26-27,33,36-37,41H,23-25H2,1-9H3,(H,45,46,49)/t33-,36-,37-,41-,57+/m1/s1. The summed E-state index contributed by atoms with van der Waals surface area (Å²) in [5, 5.41) is -0.218. The van der Waals surface area contributed by atoms with E-state index in [9.17, 15) is 9.59 Å². The molecule has 2 aliphatic heterocycles. The Morgan fingerprint density at radius 2 is 1.57 bits per heavy atom. The third-order valence-electron chi connectivity index (χ3n) is 11.5. The van der Waals surface area contributed by atoms with E-state index in [1.807, 2.05) is 78.9 Å². The van der Waals surface area contributed by atoms with Crippen molar-refractivity contribution in [2.75, 3.05) is 33.2 Å². The van der Waals surface area contributed by atoms with Gasteiger partial charge in [0.2, 0.25) is 11.5 Å². The van der Waals surface area contributed by atoms with E-state index in [0.29, 0.717) is 23.9 Å². The lowest BCUT2D eigenvalue weighted by Crippen LogP contribution is -2.49. The Labute approximate surface area is 360 Å². The van der Waals surface area contributed by atoms with Crippen LogP contribution in [0.25, 0.3) is 11.2 Å². The number of imidazole rings is 1. The Hall–Kier alpha value is -3.70. The van der Waals surface area contributed by atoms with Gasteiger partial charge in [0.05, 0.1) is 33.8 Å². The Morgan fingerprint density at radius 3 is 2.10 bits per heavy atom. The van der Waals surface area contributed by atoms with E-state index in [1.165, 1.54) is 17.7 Å². The monoisotopic (exact) mass is 892 g/mol. The van der Waals surface area contributed by atoms with Crippen molar-refractivity contribution in [3.8, 4) is 11.5 Å². The lowest BCUT2D eigenvalue weighted by molar-refractivity contribution is -0.0918. The molecule has 2 saturated heterocycles. The number of nitrogens with one attached hydrogen (secondary N) is 1. The summed E-state index contributed by atoms with van der Waals surface area (Å²) >= 11 is 7.61. The van der Waals surface area contributed by atoms with E-state index in [2.05, 4.69) is 48.8 Å². The van der Waals surface area contributed by atoms with Crippen molar-refractivity contribution in [3.63, 3.8) is 0 Å². The fourth-order valence-electron chi connectivity index (χ4n) is 7.17. The minimum Gasteiger partial charge on any atom is -0.497 e. The molecule has 320 valence electrons. The van der Waals surface area contributed by atoms with E-state index in [4.69, 9.17) is 44.2 Å². The molecule has 4 heterocycles. The molecule has 0 spiro atoms. The van der Waals surface area contributed by atoms with E-state index in [-0.39, 0.29) is 34.4 Å². The van der Waals surface area contributed by atoms with Gasteiger partial charge in [0, 0.05) is 11.7 Å². The molecule has 3 aromatic carbocycles. The summed E-state index contributed by atoms with van der Waals surface area (Å²) in [5.74, 6) is 1.32. The second-order valence-corrected chi connectivity index (χ2v) is 27.8. The predicted molar refractivity (Wildman–Crippen MR) is 239 cm³/mol. The molecule has 2 aliphatic rings. The van der Waals surface area contributed by atoms with Crippen molar-refractivity contribution < 1.29 is 37.2 Å². The van der Waals surface area contributed by atoms with Crippen LogP contribution in [0.4, 0.5) is 0 Å². The highest BCUT2D eigenvalue weighted by atomic mass is 32.9. The largest absolute Gasteiger partial charge is 0.497 e. The fourth-order valence-corrected chi connectivity index (χ4v) is 13.0. The van der Waals surface area contributed by atoms with E-state index >= 15 is 0 Å². The molecule has 2 aromatic heterocycles. The molecule has 7 rings (SSSR count). The minimum atomic E-state index is -2.87. The first-order chi connectivity index (χ1) is 28.5. The smallest absolute Gasteiger partial charge is 0.279 e. The highest BCUT2D eigenvalue weighted by Gasteiger charge is 2.55. The first kappa shape index (κ1) is 44.4. The van der Waals surface area contributed by atoms with Crippen molar-refractivity contribution in [2.24, 2.45) is 5.92 Å². The number of nitrogens with zero attached hydrogens (tertiary/aromatic N) is 3. The maximum atomic E-state index is 13.4. The minimum absolute atomic E-state index is 0.0107. The number of carbonyl (C=O) groups excluding carboxylic acids is 1. The number of methoxy groups -OCH3 is 2. The average Bonchev–Trinajstić information content (AvgIpc) is 3.95. The van der Waals surface area contributed by atoms with Gasteiger partial charge in [0.15, 0.2) is 31.5 Å². The highest BCUT2D eigenvalue weighted by molar-refractivity contribution is 8.68. The molecule has 17 heteroatoms. The summed E-state index contributed by atoms with van der Waals surface area (Å²) in [4.78, 5) is 38.4. The molecule has 0 saturated carbocycles. The van der Waals surface area contributed by atoms with Crippen molar-refractivity contribution in [1.82, 2.24) is 19.5 Å². The van der Waals surface area contributed by atoms with Crippen molar-refractivity contribution in [1.29, 1.82) is 0 Å². The number of aromatic nitrogens is 4. The molecule has 2 fully saturated rings. The van der Waals surface area contributed by atoms with Crippen LogP contribution in [-0.2, 0) is 40.4 Å². The molecule has 0 bridgehead atoms. The van der Waals surface area contributed by atoms with Crippen molar-refractivity contribution >= 4 is 54.1 Å². The Morgan fingerprint density at radius 1 is 0.967 bits per heavy atom. The maximum absolute atomic E-state index is 13.4. The zero-order valence-corrected chi connectivity index (χ0v) is 38.9. The third kappa shape index (κ3) is 8.68. The number of ether oxygens (including phenoxy) is 4. The summed E-state index contributed by atoms with van der Waals surface area (Å²) in [6, 6.07) is 25.6. The number of hydrogen-bond donors (Lipinski definition) is 1. The van der Waals surface area contributed by atoms with Gasteiger partial charge in [0.25, 0.3) is 5.56 Å². The van der Waals surface area contributed by atoms with Gasteiger partial charge in [-0.2, -0.15) is 0 Å². The Bertz CT molecular complexity index is 2350. The lowest BCUT2D eigenvalue weighted by atomic mass is 9.80. The predicted octanol–water partition coefficient (Wildman–Crippen LogP) is 8.65. The van der Waals surface area contributed by atoms with Crippen LogP contribution in [0.1, 0.15) is 68.2 Å². The van der Waals surface area contributed by atoms with Crippen LogP contribution in [0, 0.1) is 5.92 Å². The highest BCUT2D eigenvalue weighted by Crippen LogP contribution is 2.66. The number of fused-ring (bicyclic) bond motifs is 1. The van der Waals surface area contributed by atoms with Crippen LogP contribution < -0.4 is 15.0 Å². The number of benzene rings is 3. The van der Waals surface area contributed by atoms with Crippen molar-refractivity contribution in [2.45, 2.75) is 82.9 Å². The zero-order valence-electron chi connectivity index (χ0n) is 35.4.